The second-order valence-corrected chi connectivity index (χ2v) is 9.20. The van der Waals surface area contributed by atoms with Crippen molar-refractivity contribution in [2.24, 2.45) is 0 Å². The first kappa shape index (κ1) is 25.0. The van der Waals surface area contributed by atoms with E-state index in [2.05, 4.69) is 0 Å². The van der Waals surface area contributed by atoms with E-state index < -0.39 is 0 Å². The minimum Gasteiger partial charge on any atom is -0.493 e. The zero-order valence-corrected chi connectivity index (χ0v) is 21.0. The van der Waals surface area contributed by atoms with Gasteiger partial charge in [0.15, 0.2) is 11.5 Å². The molecule has 0 bridgehead atoms. The number of hydrogen-bond donors (Lipinski definition) is 0. The number of carbonyl (C=O) groups is 2. The second-order valence-electron chi connectivity index (χ2n) is 7.39. The number of amides is 2. The molecule has 0 aromatic heterocycles. The molecule has 0 N–H and O–H groups in total. The molecule has 4 rings (SSSR count). The van der Waals surface area contributed by atoms with E-state index in [0.717, 1.165) is 17.3 Å². The lowest BCUT2D eigenvalue weighted by molar-refractivity contribution is -0.123. The molecule has 1 aliphatic heterocycles. The highest BCUT2D eigenvalue weighted by Crippen LogP contribution is 2.33. The molecule has 9 heteroatoms. The number of imide groups is 1. The molecule has 2 amide bonds. The number of hydrogen-bond acceptors (Lipinski definition) is 6. The van der Waals surface area contributed by atoms with Crippen molar-refractivity contribution in [3.63, 3.8) is 0 Å². The Labute approximate surface area is 217 Å². The van der Waals surface area contributed by atoms with E-state index in [1.54, 1.807) is 55.7 Å². The number of halogens is 2. The molecule has 3 aromatic rings. The number of thioether (sulfide) groups is 1. The largest absolute Gasteiger partial charge is 0.493 e. The third-order valence-corrected chi connectivity index (χ3v) is 6.75. The van der Waals surface area contributed by atoms with E-state index >= 15 is 0 Å². The van der Waals surface area contributed by atoms with Gasteiger partial charge in [-0.3, -0.25) is 14.5 Å². The van der Waals surface area contributed by atoms with Crippen LogP contribution >= 0.6 is 35.0 Å². The van der Waals surface area contributed by atoms with E-state index in [-0.39, 0.29) is 30.9 Å². The van der Waals surface area contributed by atoms with Crippen LogP contribution in [0.25, 0.3) is 6.08 Å². The molecular formula is C26H21Cl2NO5S. The fraction of sp³-hybridized carbons (Fsp3) is 0.154. The standard InChI is InChI=1S/C26H21Cl2NO5S/c1-32-22-7-2-3-8-23(22)33-14-13-29-25(30)24(35-26(29)31)15-17-9-11-18(12-10-17)34-16-19-20(27)5-4-6-21(19)28/h2-12,15H,13-14,16H2,1H3/b24-15-. The van der Waals surface area contributed by atoms with Crippen LogP contribution in [0.15, 0.2) is 71.6 Å². The molecule has 1 aliphatic rings. The van der Waals surface area contributed by atoms with Gasteiger partial charge in [-0.25, -0.2) is 0 Å². The quantitative estimate of drug-likeness (QED) is 0.287. The van der Waals surface area contributed by atoms with Crippen LogP contribution in [0.1, 0.15) is 11.1 Å². The van der Waals surface area contributed by atoms with Gasteiger partial charge in [0, 0.05) is 15.6 Å². The Balaban J connectivity index is 1.34. The number of ether oxygens (including phenoxy) is 3. The fourth-order valence-corrected chi connectivity index (χ4v) is 4.69. The lowest BCUT2D eigenvalue weighted by Gasteiger charge is -2.14. The van der Waals surface area contributed by atoms with Gasteiger partial charge in [0.2, 0.25) is 0 Å². The summed E-state index contributed by atoms with van der Waals surface area (Å²) < 4.78 is 16.7. The SMILES string of the molecule is COc1ccccc1OCCN1C(=O)S/C(=C\c2ccc(OCc3c(Cl)cccc3Cl)cc2)C1=O. The Morgan fingerprint density at radius 2 is 1.57 bits per heavy atom. The molecule has 1 saturated heterocycles. The van der Waals surface area contributed by atoms with E-state index in [1.165, 1.54) is 4.90 Å². The smallest absolute Gasteiger partial charge is 0.293 e. The van der Waals surface area contributed by atoms with Gasteiger partial charge in [-0.2, -0.15) is 0 Å². The first-order chi connectivity index (χ1) is 17.0. The summed E-state index contributed by atoms with van der Waals surface area (Å²) in [5.74, 6) is 1.41. The number of benzene rings is 3. The van der Waals surface area contributed by atoms with Crippen LogP contribution in [0.3, 0.4) is 0 Å². The maximum absolute atomic E-state index is 12.8. The highest BCUT2D eigenvalue weighted by Gasteiger charge is 2.34. The number of carbonyl (C=O) groups excluding carboxylic acids is 2. The highest BCUT2D eigenvalue weighted by atomic mass is 35.5. The van der Waals surface area contributed by atoms with Crippen molar-refractivity contribution in [2.75, 3.05) is 20.3 Å². The van der Waals surface area contributed by atoms with Gasteiger partial charge < -0.3 is 14.2 Å². The molecule has 3 aromatic carbocycles. The van der Waals surface area contributed by atoms with Gasteiger partial charge in [-0.15, -0.1) is 0 Å². The molecule has 0 spiro atoms. The summed E-state index contributed by atoms with van der Waals surface area (Å²) in [6.07, 6.45) is 1.68. The predicted octanol–water partition coefficient (Wildman–Crippen LogP) is 6.70. The summed E-state index contributed by atoms with van der Waals surface area (Å²) in [4.78, 5) is 26.7. The van der Waals surface area contributed by atoms with Crippen molar-refractivity contribution in [1.82, 2.24) is 4.90 Å². The Hall–Kier alpha value is -3.13. The van der Waals surface area contributed by atoms with Gasteiger partial charge >= 0.3 is 0 Å². The number of para-hydroxylation sites is 2. The third kappa shape index (κ3) is 6.11. The van der Waals surface area contributed by atoms with Crippen LogP contribution in [-0.2, 0) is 11.4 Å². The molecule has 0 atom stereocenters. The van der Waals surface area contributed by atoms with Gasteiger partial charge in [0.1, 0.15) is 19.0 Å². The number of rotatable bonds is 9. The first-order valence-electron chi connectivity index (χ1n) is 10.6. The molecule has 0 saturated carbocycles. The minimum atomic E-state index is -0.350. The van der Waals surface area contributed by atoms with Gasteiger partial charge in [0.05, 0.1) is 18.6 Å². The molecule has 35 heavy (non-hydrogen) atoms. The van der Waals surface area contributed by atoms with Gasteiger partial charge in [0.25, 0.3) is 11.1 Å². The van der Waals surface area contributed by atoms with Gasteiger partial charge in [-0.1, -0.05) is 53.5 Å². The molecule has 1 heterocycles. The minimum absolute atomic E-state index is 0.136. The number of methoxy groups -OCH3 is 1. The lowest BCUT2D eigenvalue weighted by atomic mass is 10.2. The molecule has 0 unspecified atom stereocenters. The Bertz CT molecular complexity index is 1240. The maximum Gasteiger partial charge on any atom is 0.293 e. The van der Waals surface area contributed by atoms with Crippen LogP contribution in [0.2, 0.25) is 10.0 Å². The zero-order valence-electron chi connectivity index (χ0n) is 18.7. The van der Waals surface area contributed by atoms with Crippen LogP contribution in [0.5, 0.6) is 17.2 Å². The molecule has 180 valence electrons. The van der Waals surface area contributed by atoms with E-state index in [0.29, 0.717) is 37.8 Å². The lowest BCUT2D eigenvalue weighted by Crippen LogP contribution is -2.32. The van der Waals surface area contributed by atoms with E-state index in [4.69, 9.17) is 37.4 Å². The van der Waals surface area contributed by atoms with Crippen molar-refractivity contribution in [1.29, 1.82) is 0 Å². The van der Waals surface area contributed by atoms with Crippen LogP contribution in [0, 0.1) is 0 Å². The van der Waals surface area contributed by atoms with Crippen molar-refractivity contribution in [2.45, 2.75) is 6.61 Å². The summed E-state index contributed by atoms with van der Waals surface area (Å²) in [5, 5.41) is 0.748. The predicted molar refractivity (Wildman–Crippen MR) is 138 cm³/mol. The molecule has 6 nitrogen and oxygen atoms in total. The normalized spacial score (nSPS) is 14.5. The molecule has 0 radical (unpaired) electrons. The topological polar surface area (TPSA) is 65.1 Å². The summed E-state index contributed by atoms with van der Waals surface area (Å²) in [7, 11) is 1.55. The van der Waals surface area contributed by atoms with Crippen LogP contribution in [0.4, 0.5) is 4.79 Å². The molecule has 0 aliphatic carbocycles. The Morgan fingerprint density at radius 1 is 0.886 bits per heavy atom. The average Bonchev–Trinajstić information content (AvgIpc) is 3.12. The molecule has 1 fully saturated rings. The Kier molecular flexibility index (Phi) is 8.23. The van der Waals surface area contributed by atoms with Crippen LogP contribution < -0.4 is 14.2 Å². The maximum atomic E-state index is 12.8. The molecular weight excluding hydrogens is 509 g/mol. The van der Waals surface area contributed by atoms with Crippen molar-refractivity contribution in [3.8, 4) is 17.2 Å². The second kappa shape index (κ2) is 11.5. The van der Waals surface area contributed by atoms with Crippen molar-refractivity contribution in [3.05, 3.63) is 92.8 Å². The summed E-state index contributed by atoms with van der Waals surface area (Å²) >= 11 is 13.3. The first-order valence-corrected chi connectivity index (χ1v) is 12.2. The van der Waals surface area contributed by atoms with E-state index in [9.17, 15) is 9.59 Å². The summed E-state index contributed by atoms with van der Waals surface area (Å²) in [6.45, 7) is 0.526. The Morgan fingerprint density at radius 3 is 2.26 bits per heavy atom. The fourth-order valence-electron chi connectivity index (χ4n) is 3.32. The van der Waals surface area contributed by atoms with Gasteiger partial charge in [-0.05, 0) is 59.8 Å². The summed E-state index contributed by atoms with van der Waals surface area (Å²) in [5.41, 5.74) is 1.48. The summed E-state index contributed by atoms with van der Waals surface area (Å²) in [6, 6.07) is 19.7. The van der Waals surface area contributed by atoms with Crippen LogP contribution in [-0.4, -0.2) is 36.3 Å². The van der Waals surface area contributed by atoms with E-state index in [1.807, 2.05) is 24.3 Å². The van der Waals surface area contributed by atoms with Crippen molar-refractivity contribution >= 4 is 52.2 Å². The van der Waals surface area contributed by atoms with Crippen molar-refractivity contribution < 1.29 is 23.8 Å². The zero-order chi connectivity index (χ0) is 24.8. The average molecular weight is 530 g/mol. The third-order valence-electron chi connectivity index (χ3n) is 5.14. The monoisotopic (exact) mass is 529 g/mol. The number of nitrogens with zero attached hydrogens (tertiary/aromatic N) is 1. The highest BCUT2D eigenvalue weighted by molar-refractivity contribution is 8.18.